The Balaban J connectivity index is 6.42. The SMILES string of the molecule is O=[N+]([O-])C(O)C(CO)([N+](=O)[O-])C(O)([N+](=O)[O-])[N+](=O)[O-]. The highest BCUT2D eigenvalue weighted by Gasteiger charge is 2.89. The van der Waals surface area contributed by atoms with Crippen LogP contribution < -0.4 is 0 Å². The van der Waals surface area contributed by atoms with Gasteiger partial charge < -0.3 is 10.2 Å². The Hall–Kier alpha value is -2.52. The third kappa shape index (κ3) is 2.00. The van der Waals surface area contributed by atoms with Gasteiger partial charge >= 0.3 is 17.6 Å². The number of rotatable bonds is 7. The lowest BCUT2D eigenvalue weighted by Crippen LogP contribution is -2.75. The maximum atomic E-state index is 10.7. The number of hydrogen-bond acceptors (Lipinski definition) is 11. The van der Waals surface area contributed by atoms with E-state index in [1.165, 1.54) is 0 Å². The van der Waals surface area contributed by atoms with Crippen LogP contribution in [0.2, 0.25) is 0 Å². The normalized spacial score (nSPS) is 16.2. The minimum Gasteiger partial charge on any atom is -0.388 e. The molecule has 0 rings (SSSR count). The standard InChI is InChI=1S/C4H6N4O11/c9-1-3(6(14)15,2(10)5(12)13)4(11,7(16)17)8(18)19/h2,9-11H,1H2. The third-order valence-electron chi connectivity index (χ3n) is 2.28. The smallest absolute Gasteiger partial charge is 0.388 e. The molecule has 0 aromatic rings. The van der Waals surface area contributed by atoms with Gasteiger partial charge in [0, 0.05) is 0 Å². The second-order valence-electron chi connectivity index (χ2n) is 3.15. The van der Waals surface area contributed by atoms with Gasteiger partial charge in [0.2, 0.25) is 0 Å². The summed E-state index contributed by atoms with van der Waals surface area (Å²) in [5.41, 5.74) is -4.29. The zero-order chi connectivity index (χ0) is 15.6. The summed E-state index contributed by atoms with van der Waals surface area (Å²) in [6.45, 7) is -2.24. The van der Waals surface area contributed by atoms with Crippen LogP contribution in [0, 0.1) is 40.5 Å². The lowest BCUT2D eigenvalue weighted by Gasteiger charge is -2.24. The van der Waals surface area contributed by atoms with Crippen LogP contribution >= 0.6 is 0 Å². The highest BCUT2D eigenvalue weighted by atomic mass is 16.7. The second-order valence-corrected chi connectivity index (χ2v) is 3.15. The Kier molecular flexibility index (Phi) is 4.34. The molecule has 3 N–H and O–H groups in total. The van der Waals surface area contributed by atoms with Gasteiger partial charge in [0.1, 0.15) is 16.5 Å². The van der Waals surface area contributed by atoms with Crippen LogP contribution in [0.4, 0.5) is 0 Å². The maximum Gasteiger partial charge on any atom is 0.660 e. The largest absolute Gasteiger partial charge is 0.660 e. The van der Waals surface area contributed by atoms with Crippen molar-refractivity contribution in [3.05, 3.63) is 40.5 Å². The molecule has 2 unspecified atom stereocenters. The van der Waals surface area contributed by atoms with Crippen LogP contribution in [-0.2, 0) is 0 Å². The van der Waals surface area contributed by atoms with E-state index in [4.69, 9.17) is 10.2 Å². The van der Waals surface area contributed by atoms with E-state index in [2.05, 4.69) is 0 Å². The Morgan fingerprint density at radius 1 is 0.947 bits per heavy atom. The molecule has 15 nitrogen and oxygen atoms in total. The fourth-order valence-electron chi connectivity index (χ4n) is 1.19. The van der Waals surface area contributed by atoms with E-state index >= 15 is 0 Å². The Morgan fingerprint density at radius 2 is 1.32 bits per heavy atom. The molecule has 19 heavy (non-hydrogen) atoms. The van der Waals surface area contributed by atoms with E-state index in [0.29, 0.717) is 0 Å². The van der Waals surface area contributed by atoms with Crippen LogP contribution in [0.15, 0.2) is 0 Å². The first-order valence-electron chi connectivity index (χ1n) is 4.08. The number of hydrogen-bond donors (Lipinski definition) is 3. The van der Waals surface area contributed by atoms with Crippen molar-refractivity contribution >= 4 is 0 Å². The Bertz CT molecular complexity index is 420. The summed E-state index contributed by atoms with van der Waals surface area (Å²) in [7, 11) is 0. The molecule has 108 valence electrons. The van der Waals surface area contributed by atoms with Crippen molar-refractivity contribution in [3.8, 4) is 0 Å². The minimum absolute atomic E-state index is 1.89. The van der Waals surface area contributed by atoms with Crippen molar-refractivity contribution in [2.45, 2.75) is 17.6 Å². The lowest BCUT2D eigenvalue weighted by molar-refractivity contribution is -0.912. The van der Waals surface area contributed by atoms with E-state index in [0.717, 1.165) is 0 Å². The van der Waals surface area contributed by atoms with Crippen LogP contribution in [0.1, 0.15) is 0 Å². The molecule has 0 fully saturated rings. The fourth-order valence-corrected chi connectivity index (χ4v) is 1.19. The molecule has 0 aromatic carbocycles. The summed E-state index contributed by atoms with van der Waals surface area (Å²) in [5.74, 6) is -4.81. The second kappa shape index (κ2) is 5.00. The molecule has 0 aromatic heterocycles. The first kappa shape index (κ1) is 16.5. The quantitative estimate of drug-likeness (QED) is 0.239. The molecular formula is C4H6N4O11. The summed E-state index contributed by atoms with van der Waals surface area (Å²) in [6.07, 6.45) is -3.60. The van der Waals surface area contributed by atoms with Crippen molar-refractivity contribution < 1.29 is 35.0 Å². The predicted molar refractivity (Wildman–Crippen MR) is 48.8 cm³/mol. The zero-order valence-corrected chi connectivity index (χ0v) is 8.68. The maximum absolute atomic E-state index is 10.7. The summed E-state index contributed by atoms with van der Waals surface area (Å²) >= 11 is 0. The van der Waals surface area contributed by atoms with Crippen molar-refractivity contribution in [3.63, 3.8) is 0 Å². The summed E-state index contributed by atoms with van der Waals surface area (Å²) in [5, 5.41) is 68.8. The van der Waals surface area contributed by atoms with E-state index in [-0.39, 0.29) is 0 Å². The highest BCUT2D eigenvalue weighted by molar-refractivity contribution is 4.89. The van der Waals surface area contributed by atoms with Gasteiger partial charge in [0.05, 0.1) is 9.85 Å². The molecular weight excluding hydrogens is 280 g/mol. The van der Waals surface area contributed by atoms with Crippen LogP contribution in [0.25, 0.3) is 0 Å². The highest BCUT2D eigenvalue weighted by Crippen LogP contribution is 2.31. The molecule has 0 aliphatic rings. The van der Waals surface area contributed by atoms with Gasteiger partial charge in [0.25, 0.3) is 0 Å². The average molecular weight is 286 g/mol. The van der Waals surface area contributed by atoms with Gasteiger partial charge in [-0.3, -0.25) is 45.6 Å². The lowest BCUT2D eigenvalue weighted by atomic mass is 9.92. The molecule has 0 aliphatic heterocycles. The molecule has 0 saturated carbocycles. The van der Waals surface area contributed by atoms with Gasteiger partial charge in [-0.1, -0.05) is 0 Å². The number of nitrogens with zero attached hydrogens (tertiary/aromatic N) is 4. The van der Waals surface area contributed by atoms with Gasteiger partial charge in [-0.05, 0) is 0 Å². The van der Waals surface area contributed by atoms with E-state index in [9.17, 15) is 45.6 Å². The number of nitro groups is 4. The monoisotopic (exact) mass is 286 g/mol. The fraction of sp³-hybridized carbons (Fsp3) is 1.00. The zero-order valence-electron chi connectivity index (χ0n) is 8.68. The summed E-state index contributed by atoms with van der Waals surface area (Å²) < 4.78 is 0. The van der Waals surface area contributed by atoms with Gasteiger partial charge in [0.15, 0.2) is 0 Å². The van der Waals surface area contributed by atoms with Crippen molar-refractivity contribution in [2.75, 3.05) is 6.61 Å². The molecule has 0 heterocycles. The van der Waals surface area contributed by atoms with Gasteiger partial charge in [-0.25, -0.2) is 0 Å². The van der Waals surface area contributed by atoms with Crippen molar-refractivity contribution in [2.24, 2.45) is 0 Å². The molecule has 15 heteroatoms. The first-order valence-corrected chi connectivity index (χ1v) is 4.08. The van der Waals surface area contributed by atoms with E-state index in [1.807, 2.05) is 0 Å². The predicted octanol–water partition coefficient (Wildman–Crippen LogP) is -3.21. The van der Waals surface area contributed by atoms with Crippen LogP contribution in [-0.4, -0.2) is 59.2 Å². The summed E-state index contributed by atoms with van der Waals surface area (Å²) in [4.78, 5) is 33.5. The van der Waals surface area contributed by atoms with E-state index in [1.54, 1.807) is 0 Å². The molecule has 0 aliphatic carbocycles. The topological polar surface area (TPSA) is 233 Å². The van der Waals surface area contributed by atoms with Crippen molar-refractivity contribution in [1.82, 2.24) is 0 Å². The van der Waals surface area contributed by atoms with Crippen LogP contribution in [0.5, 0.6) is 0 Å². The average Bonchev–Trinajstić information content (AvgIpc) is 2.28. The van der Waals surface area contributed by atoms with Crippen LogP contribution in [0.3, 0.4) is 0 Å². The molecule has 0 spiro atoms. The van der Waals surface area contributed by atoms with Gasteiger partial charge in [-0.15, -0.1) is 0 Å². The van der Waals surface area contributed by atoms with Crippen molar-refractivity contribution in [1.29, 1.82) is 0 Å². The Labute approximate surface area is 101 Å². The molecule has 0 radical (unpaired) electrons. The molecule has 2 atom stereocenters. The molecule has 0 amide bonds. The van der Waals surface area contributed by atoms with E-state index < -0.39 is 43.9 Å². The van der Waals surface area contributed by atoms with Gasteiger partial charge in [-0.2, -0.15) is 0 Å². The minimum atomic E-state index is -4.81. The summed E-state index contributed by atoms with van der Waals surface area (Å²) in [6, 6.07) is 0. The number of aliphatic hydroxyl groups excluding tert-OH is 2. The first-order chi connectivity index (χ1) is 8.49. The molecule has 0 saturated heterocycles. The third-order valence-corrected chi connectivity index (χ3v) is 2.28. The number of aliphatic hydroxyl groups is 3. The molecule has 0 bridgehead atoms. The Morgan fingerprint density at radius 3 is 1.47 bits per heavy atom.